The van der Waals surface area contributed by atoms with Gasteiger partial charge in [-0.2, -0.15) is 13.2 Å². The van der Waals surface area contributed by atoms with Gasteiger partial charge in [-0.15, -0.1) is 0 Å². The molecular weight excluding hydrogens is 177 g/mol. The molecule has 3 heteroatoms. The van der Waals surface area contributed by atoms with Gasteiger partial charge in [-0.05, 0) is 18.3 Å². The van der Waals surface area contributed by atoms with Crippen molar-refractivity contribution in [2.45, 2.75) is 52.6 Å². The maximum atomic E-state index is 12.0. The van der Waals surface area contributed by atoms with Crippen LogP contribution in [0.5, 0.6) is 0 Å². The Bertz CT molecular complexity index is 127. The minimum absolute atomic E-state index is 0.178. The first-order valence-electron chi connectivity index (χ1n) is 4.92. The molecule has 0 aromatic rings. The molecule has 0 aromatic carbocycles. The fourth-order valence-electron chi connectivity index (χ4n) is 1.35. The highest BCUT2D eigenvalue weighted by molar-refractivity contribution is 4.63. The average Bonchev–Trinajstić information content (AvgIpc) is 1.95. The Balaban J connectivity index is 3.76. The van der Waals surface area contributed by atoms with Gasteiger partial charge in [0.1, 0.15) is 0 Å². The summed E-state index contributed by atoms with van der Waals surface area (Å²) in [6, 6.07) is 0. The average molecular weight is 196 g/mol. The summed E-state index contributed by atoms with van der Waals surface area (Å²) in [5.41, 5.74) is 0. The fraction of sp³-hybridized carbons (Fsp3) is 1.00. The predicted octanol–water partition coefficient (Wildman–Crippen LogP) is 4.40. The van der Waals surface area contributed by atoms with Gasteiger partial charge in [0.05, 0.1) is 0 Å². The molecule has 0 spiro atoms. The van der Waals surface area contributed by atoms with Gasteiger partial charge in [-0.25, -0.2) is 0 Å². The second-order valence-corrected chi connectivity index (χ2v) is 4.06. The van der Waals surface area contributed by atoms with Crippen molar-refractivity contribution in [2.75, 3.05) is 0 Å². The van der Waals surface area contributed by atoms with Crippen LogP contribution < -0.4 is 0 Å². The maximum absolute atomic E-state index is 12.0. The van der Waals surface area contributed by atoms with E-state index in [1.807, 2.05) is 20.8 Å². The minimum atomic E-state index is -3.99. The molecule has 1 atom stereocenters. The van der Waals surface area contributed by atoms with E-state index in [1.165, 1.54) is 0 Å². The number of hydrogen-bond acceptors (Lipinski definition) is 0. The van der Waals surface area contributed by atoms with Gasteiger partial charge in [-0.3, -0.25) is 0 Å². The summed E-state index contributed by atoms with van der Waals surface area (Å²) in [5, 5.41) is 0. The summed E-state index contributed by atoms with van der Waals surface area (Å²) in [5.74, 6) is 0.324. The Kier molecular flexibility index (Phi) is 5.42. The molecule has 0 aliphatic carbocycles. The van der Waals surface area contributed by atoms with Gasteiger partial charge < -0.3 is 0 Å². The first kappa shape index (κ1) is 12.8. The van der Waals surface area contributed by atoms with Crippen LogP contribution in [0.2, 0.25) is 0 Å². The van der Waals surface area contributed by atoms with E-state index in [0.717, 1.165) is 6.42 Å². The van der Waals surface area contributed by atoms with Crippen LogP contribution in [0, 0.1) is 11.8 Å². The van der Waals surface area contributed by atoms with Crippen LogP contribution >= 0.6 is 0 Å². The molecule has 0 rings (SSSR count). The van der Waals surface area contributed by atoms with E-state index in [2.05, 4.69) is 0 Å². The summed E-state index contributed by atoms with van der Waals surface area (Å²) in [6.07, 6.45) is -2.37. The smallest absolute Gasteiger partial charge is 0.171 e. The topological polar surface area (TPSA) is 0 Å². The molecule has 0 heterocycles. The minimum Gasteiger partial charge on any atom is -0.171 e. The zero-order chi connectivity index (χ0) is 10.5. The molecule has 0 fully saturated rings. The van der Waals surface area contributed by atoms with Gasteiger partial charge in [0.25, 0.3) is 0 Å². The quantitative estimate of drug-likeness (QED) is 0.611. The molecule has 0 aromatic heterocycles. The van der Waals surface area contributed by atoms with Gasteiger partial charge in [0, 0.05) is 6.42 Å². The zero-order valence-corrected chi connectivity index (χ0v) is 8.62. The highest BCUT2D eigenvalue weighted by Gasteiger charge is 2.30. The highest BCUT2D eigenvalue weighted by Crippen LogP contribution is 2.29. The van der Waals surface area contributed by atoms with Crippen LogP contribution in [0.4, 0.5) is 13.2 Å². The molecule has 0 aliphatic heterocycles. The van der Waals surface area contributed by atoms with E-state index >= 15 is 0 Å². The molecule has 0 N–H and O–H groups in total. The lowest BCUT2D eigenvalue weighted by Gasteiger charge is -2.17. The van der Waals surface area contributed by atoms with E-state index in [9.17, 15) is 13.2 Å². The number of rotatable bonds is 5. The van der Waals surface area contributed by atoms with Crippen molar-refractivity contribution in [3.63, 3.8) is 0 Å². The Labute approximate surface area is 78.5 Å². The van der Waals surface area contributed by atoms with Crippen LogP contribution in [0.25, 0.3) is 0 Å². The fourth-order valence-corrected chi connectivity index (χ4v) is 1.35. The van der Waals surface area contributed by atoms with E-state index in [-0.39, 0.29) is 5.92 Å². The zero-order valence-electron chi connectivity index (χ0n) is 8.62. The van der Waals surface area contributed by atoms with Crippen molar-refractivity contribution in [3.05, 3.63) is 0 Å². The summed E-state index contributed by atoms with van der Waals surface area (Å²) < 4.78 is 36.1. The van der Waals surface area contributed by atoms with E-state index < -0.39 is 12.6 Å². The normalized spacial score (nSPS) is 15.0. The number of halogens is 3. The summed E-state index contributed by atoms with van der Waals surface area (Å²) in [6.45, 7) is 5.91. The number of hydrogen-bond donors (Lipinski definition) is 0. The Morgan fingerprint density at radius 3 is 1.92 bits per heavy atom. The molecular formula is C10H19F3. The molecule has 0 radical (unpaired) electrons. The van der Waals surface area contributed by atoms with Crippen LogP contribution in [-0.4, -0.2) is 6.18 Å². The van der Waals surface area contributed by atoms with Crippen molar-refractivity contribution in [1.29, 1.82) is 0 Å². The van der Waals surface area contributed by atoms with Crippen molar-refractivity contribution < 1.29 is 13.2 Å². The van der Waals surface area contributed by atoms with Crippen molar-refractivity contribution in [2.24, 2.45) is 11.8 Å². The number of alkyl halides is 3. The summed E-state index contributed by atoms with van der Waals surface area (Å²) in [7, 11) is 0. The first-order chi connectivity index (χ1) is 5.85. The van der Waals surface area contributed by atoms with Crippen LogP contribution in [0.3, 0.4) is 0 Å². The molecule has 1 unspecified atom stereocenters. The van der Waals surface area contributed by atoms with Crippen LogP contribution in [0.1, 0.15) is 46.5 Å². The lowest BCUT2D eigenvalue weighted by atomic mass is 9.93. The van der Waals surface area contributed by atoms with Crippen LogP contribution in [-0.2, 0) is 0 Å². The Morgan fingerprint density at radius 1 is 1.08 bits per heavy atom. The van der Waals surface area contributed by atoms with Crippen molar-refractivity contribution in [3.8, 4) is 0 Å². The second kappa shape index (κ2) is 5.51. The lowest BCUT2D eigenvalue weighted by molar-refractivity contribution is -0.145. The first-order valence-corrected chi connectivity index (χ1v) is 4.92. The van der Waals surface area contributed by atoms with E-state index in [1.54, 1.807) is 0 Å². The van der Waals surface area contributed by atoms with Gasteiger partial charge >= 0.3 is 6.18 Å². The molecule has 0 amide bonds. The lowest BCUT2D eigenvalue weighted by Crippen LogP contribution is -2.15. The third-order valence-electron chi connectivity index (χ3n) is 2.25. The maximum Gasteiger partial charge on any atom is 0.389 e. The van der Waals surface area contributed by atoms with E-state index in [4.69, 9.17) is 0 Å². The molecule has 0 saturated carbocycles. The molecule has 13 heavy (non-hydrogen) atoms. The van der Waals surface area contributed by atoms with Gasteiger partial charge in [-0.1, -0.05) is 33.6 Å². The SMILES string of the molecule is CCC(CCC(C)C)CC(F)(F)F. The third kappa shape index (κ3) is 8.13. The predicted molar refractivity (Wildman–Crippen MR) is 48.5 cm³/mol. The molecule has 0 saturated heterocycles. The Morgan fingerprint density at radius 2 is 1.62 bits per heavy atom. The van der Waals surface area contributed by atoms with E-state index in [0.29, 0.717) is 18.8 Å². The summed E-state index contributed by atoms with van der Waals surface area (Å²) in [4.78, 5) is 0. The molecule has 0 bridgehead atoms. The molecule has 0 aliphatic rings. The third-order valence-corrected chi connectivity index (χ3v) is 2.25. The van der Waals surface area contributed by atoms with Crippen LogP contribution in [0.15, 0.2) is 0 Å². The van der Waals surface area contributed by atoms with Crippen molar-refractivity contribution >= 4 is 0 Å². The van der Waals surface area contributed by atoms with Gasteiger partial charge in [0.15, 0.2) is 0 Å². The van der Waals surface area contributed by atoms with Crippen molar-refractivity contribution in [1.82, 2.24) is 0 Å². The molecule has 80 valence electrons. The van der Waals surface area contributed by atoms with Gasteiger partial charge in [0.2, 0.25) is 0 Å². The second-order valence-electron chi connectivity index (χ2n) is 4.06. The largest absolute Gasteiger partial charge is 0.389 e. The Hall–Kier alpha value is -0.210. The standard InChI is InChI=1S/C10H19F3/c1-4-9(6-5-8(2)3)7-10(11,12)13/h8-9H,4-7H2,1-3H3. The monoisotopic (exact) mass is 196 g/mol. The highest BCUT2D eigenvalue weighted by atomic mass is 19.4. The summed E-state index contributed by atoms with van der Waals surface area (Å²) >= 11 is 0. The molecule has 0 nitrogen and oxygen atoms in total.